The van der Waals surface area contributed by atoms with Crippen molar-refractivity contribution in [1.82, 2.24) is 15.3 Å². The Morgan fingerprint density at radius 2 is 2.00 bits per heavy atom. The predicted octanol–water partition coefficient (Wildman–Crippen LogP) is 3.83. The molecule has 4 nitrogen and oxygen atoms in total. The highest BCUT2D eigenvalue weighted by Crippen LogP contribution is 2.21. The standard InChI is InChI=1S/C17H14ClN3OS/c18-14-6-2-1-5-13(14)16(22)20-10-8-12-11-23-17(21-12)15-7-3-4-9-19-15/h1-7,9,11H,8,10H2,(H,20,22). The Labute approximate surface area is 143 Å². The van der Waals surface area contributed by atoms with Crippen molar-refractivity contribution in [2.24, 2.45) is 0 Å². The summed E-state index contributed by atoms with van der Waals surface area (Å²) < 4.78 is 0. The first kappa shape index (κ1) is 15.6. The molecule has 6 heteroatoms. The summed E-state index contributed by atoms with van der Waals surface area (Å²) in [5.41, 5.74) is 2.29. The fraction of sp³-hybridized carbons (Fsp3) is 0.118. The third-order valence-corrected chi connectivity index (χ3v) is 4.46. The van der Waals surface area contributed by atoms with Gasteiger partial charge in [0.05, 0.1) is 22.0 Å². The quantitative estimate of drug-likeness (QED) is 0.766. The van der Waals surface area contributed by atoms with Gasteiger partial charge in [0.1, 0.15) is 5.01 Å². The summed E-state index contributed by atoms with van der Waals surface area (Å²) in [7, 11) is 0. The van der Waals surface area contributed by atoms with Crippen molar-refractivity contribution in [2.45, 2.75) is 6.42 Å². The smallest absolute Gasteiger partial charge is 0.252 e. The minimum absolute atomic E-state index is 0.171. The lowest BCUT2D eigenvalue weighted by Gasteiger charge is -2.05. The van der Waals surface area contributed by atoms with Gasteiger partial charge in [-0.25, -0.2) is 4.98 Å². The summed E-state index contributed by atoms with van der Waals surface area (Å²) in [6.45, 7) is 0.509. The summed E-state index contributed by atoms with van der Waals surface area (Å²) in [6, 6.07) is 12.8. The summed E-state index contributed by atoms with van der Waals surface area (Å²) >= 11 is 7.56. The highest BCUT2D eigenvalue weighted by atomic mass is 35.5. The zero-order chi connectivity index (χ0) is 16.1. The number of thiazole rings is 1. The third kappa shape index (κ3) is 3.94. The van der Waals surface area contributed by atoms with Crippen LogP contribution in [-0.4, -0.2) is 22.4 Å². The Bertz CT molecular complexity index is 804. The zero-order valence-electron chi connectivity index (χ0n) is 12.2. The molecule has 0 unspecified atom stereocenters. The van der Waals surface area contributed by atoms with Gasteiger partial charge < -0.3 is 5.32 Å². The summed E-state index contributed by atoms with van der Waals surface area (Å²) in [5, 5.41) is 6.20. The molecule has 1 amide bonds. The van der Waals surface area contributed by atoms with Gasteiger partial charge in [-0.1, -0.05) is 29.8 Å². The summed E-state index contributed by atoms with van der Waals surface area (Å²) in [5.74, 6) is -0.171. The average molecular weight is 344 g/mol. The number of pyridine rings is 1. The van der Waals surface area contributed by atoms with Crippen molar-refractivity contribution in [3.63, 3.8) is 0 Å². The molecule has 0 aliphatic carbocycles. The average Bonchev–Trinajstić information content (AvgIpc) is 3.05. The van der Waals surface area contributed by atoms with Crippen LogP contribution in [0.15, 0.2) is 54.0 Å². The van der Waals surface area contributed by atoms with Crippen molar-refractivity contribution < 1.29 is 4.79 Å². The second-order valence-electron chi connectivity index (χ2n) is 4.84. The van der Waals surface area contributed by atoms with E-state index in [4.69, 9.17) is 11.6 Å². The van der Waals surface area contributed by atoms with E-state index < -0.39 is 0 Å². The van der Waals surface area contributed by atoms with Crippen molar-refractivity contribution in [1.29, 1.82) is 0 Å². The van der Waals surface area contributed by atoms with Crippen molar-refractivity contribution in [2.75, 3.05) is 6.54 Å². The minimum atomic E-state index is -0.171. The first-order valence-electron chi connectivity index (χ1n) is 7.12. The van der Waals surface area contributed by atoms with Gasteiger partial charge in [-0.05, 0) is 24.3 Å². The molecular weight excluding hydrogens is 330 g/mol. The molecule has 3 rings (SSSR count). The van der Waals surface area contributed by atoms with Gasteiger partial charge in [-0.2, -0.15) is 0 Å². The van der Waals surface area contributed by atoms with Crippen LogP contribution in [0.4, 0.5) is 0 Å². The molecule has 2 heterocycles. The summed E-state index contributed by atoms with van der Waals surface area (Å²) in [4.78, 5) is 20.9. The molecule has 0 radical (unpaired) electrons. The molecule has 0 bridgehead atoms. The number of nitrogens with one attached hydrogen (secondary N) is 1. The minimum Gasteiger partial charge on any atom is -0.352 e. The SMILES string of the molecule is O=C(NCCc1csc(-c2ccccn2)n1)c1ccccc1Cl. The van der Waals surface area contributed by atoms with E-state index in [2.05, 4.69) is 15.3 Å². The van der Waals surface area contributed by atoms with Crippen molar-refractivity contribution in [3.8, 4) is 10.7 Å². The predicted molar refractivity (Wildman–Crippen MR) is 92.8 cm³/mol. The van der Waals surface area contributed by atoms with E-state index in [1.54, 1.807) is 41.8 Å². The number of amides is 1. The Morgan fingerprint density at radius 1 is 1.17 bits per heavy atom. The highest BCUT2D eigenvalue weighted by Gasteiger charge is 2.10. The van der Waals surface area contributed by atoms with Crippen LogP contribution in [0, 0.1) is 0 Å². The maximum atomic E-state index is 12.1. The van der Waals surface area contributed by atoms with E-state index in [1.807, 2.05) is 23.6 Å². The molecule has 2 aromatic heterocycles. The number of rotatable bonds is 5. The lowest BCUT2D eigenvalue weighted by molar-refractivity contribution is 0.0954. The van der Waals surface area contributed by atoms with Crippen LogP contribution >= 0.6 is 22.9 Å². The van der Waals surface area contributed by atoms with Crippen LogP contribution in [0.1, 0.15) is 16.1 Å². The molecule has 1 aromatic carbocycles. The van der Waals surface area contributed by atoms with Gasteiger partial charge in [0.15, 0.2) is 0 Å². The number of nitrogens with zero attached hydrogens (tertiary/aromatic N) is 2. The van der Waals surface area contributed by atoms with Gasteiger partial charge in [-0.3, -0.25) is 9.78 Å². The topological polar surface area (TPSA) is 54.9 Å². The van der Waals surface area contributed by atoms with E-state index in [9.17, 15) is 4.79 Å². The molecule has 0 spiro atoms. The lowest BCUT2D eigenvalue weighted by Crippen LogP contribution is -2.26. The first-order valence-corrected chi connectivity index (χ1v) is 8.38. The molecule has 0 aliphatic rings. The summed E-state index contributed by atoms with van der Waals surface area (Å²) in [6.07, 6.45) is 2.42. The number of halogens is 1. The van der Waals surface area contributed by atoms with E-state index in [1.165, 1.54) is 0 Å². The van der Waals surface area contributed by atoms with Gasteiger partial charge in [0.25, 0.3) is 5.91 Å². The fourth-order valence-electron chi connectivity index (χ4n) is 2.07. The molecule has 0 atom stereocenters. The third-order valence-electron chi connectivity index (χ3n) is 3.22. The van der Waals surface area contributed by atoms with Crippen molar-refractivity contribution >= 4 is 28.8 Å². The van der Waals surface area contributed by atoms with Gasteiger partial charge in [-0.15, -0.1) is 11.3 Å². The van der Waals surface area contributed by atoms with E-state index >= 15 is 0 Å². The number of hydrogen-bond donors (Lipinski definition) is 1. The van der Waals surface area contributed by atoms with E-state index in [0.717, 1.165) is 16.4 Å². The van der Waals surface area contributed by atoms with Crippen LogP contribution in [-0.2, 0) is 6.42 Å². The maximum Gasteiger partial charge on any atom is 0.252 e. The molecular formula is C17H14ClN3OS. The number of benzene rings is 1. The maximum absolute atomic E-state index is 12.1. The van der Waals surface area contributed by atoms with E-state index in [0.29, 0.717) is 23.6 Å². The molecule has 0 fully saturated rings. The number of carbonyl (C=O) groups excluding carboxylic acids is 1. The monoisotopic (exact) mass is 343 g/mol. The molecule has 1 N–H and O–H groups in total. The molecule has 0 aliphatic heterocycles. The fourth-order valence-corrected chi connectivity index (χ4v) is 3.12. The Hall–Kier alpha value is -2.24. The Kier molecular flexibility index (Phi) is 5.00. The van der Waals surface area contributed by atoms with Crippen LogP contribution in [0.3, 0.4) is 0 Å². The Balaban J connectivity index is 1.56. The number of aromatic nitrogens is 2. The molecule has 0 saturated carbocycles. The van der Waals surface area contributed by atoms with Crippen molar-refractivity contribution in [3.05, 3.63) is 70.3 Å². The second-order valence-corrected chi connectivity index (χ2v) is 6.11. The second kappa shape index (κ2) is 7.35. The normalized spacial score (nSPS) is 10.5. The van der Waals surface area contributed by atoms with Crippen LogP contribution in [0.25, 0.3) is 10.7 Å². The highest BCUT2D eigenvalue weighted by molar-refractivity contribution is 7.13. The van der Waals surface area contributed by atoms with Crippen LogP contribution in [0.2, 0.25) is 5.02 Å². The van der Waals surface area contributed by atoms with Crippen LogP contribution in [0.5, 0.6) is 0 Å². The largest absolute Gasteiger partial charge is 0.352 e. The Morgan fingerprint density at radius 3 is 2.78 bits per heavy atom. The molecule has 23 heavy (non-hydrogen) atoms. The zero-order valence-corrected chi connectivity index (χ0v) is 13.8. The van der Waals surface area contributed by atoms with E-state index in [-0.39, 0.29) is 5.91 Å². The lowest BCUT2D eigenvalue weighted by atomic mass is 10.2. The first-order chi connectivity index (χ1) is 11.2. The van der Waals surface area contributed by atoms with Crippen LogP contribution < -0.4 is 5.32 Å². The molecule has 0 saturated heterocycles. The molecule has 116 valence electrons. The number of carbonyl (C=O) groups is 1. The molecule has 3 aromatic rings. The van der Waals surface area contributed by atoms with Gasteiger partial charge in [0, 0.05) is 24.5 Å². The number of hydrogen-bond acceptors (Lipinski definition) is 4. The van der Waals surface area contributed by atoms with Gasteiger partial charge in [0.2, 0.25) is 0 Å². The van der Waals surface area contributed by atoms with Gasteiger partial charge >= 0.3 is 0 Å².